The Morgan fingerprint density at radius 2 is 1.85 bits per heavy atom. The highest BCUT2D eigenvalue weighted by atomic mass is 16.9. The minimum atomic E-state index is -0.982. The van der Waals surface area contributed by atoms with Crippen molar-refractivity contribution in [2.45, 2.75) is 6.61 Å². The van der Waals surface area contributed by atoms with Crippen molar-refractivity contribution in [3.63, 3.8) is 0 Å². The number of nitrogens with zero attached hydrogens (tertiary/aromatic N) is 1. The maximum Gasteiger partial charge on any atom is 0.328 e. The van der Waals surface area contributed by atoms with E-state index in [0.717, 1.165) is 11.6 Å². The number of carboxylic acids is 1. The fourth-order valence-electron chi connectivity index (χ4n) is 1.91. The molecule has 2 aromatic rings. The summed E-state index contributed by atoms with van der Waals surface area (Å²) in [5, 5.41) is 17.4. The van der Waals surface area contributed by atoms with Crippen molar-refractivity contribution in [3.05, 3.63) is 69.8 Å². The Balaban J connectivity index is 0.000000277. The molecule has 27 heavy (non-hydrogen) atoms. The summed E-state index contributed by atoms with van der Waals surface area (Å²) < 4.78 is 10.1. The fraction of sp³-hybridized carbons (Fsp3) is 0.167. The van der Waals surface area contributed by atoms with Crippen LogP contribution in [0.5, 0.6) is 11.5 Å². The van der Waals surface area contributed by atoms with E-state index in [0.29, 0.717) is 22.7 Å². The number of carboxylic acid groups (broad SMARTS) is 1. The molecule has 0 aromatic heterocycles. The van der Waals surface area contributed by atoms with E-state index in [1.165, 1.54) is 13.2 Å². The predicted octanol–water partition coefficient (Wildman–Crippen LogP) is 2.78. The van der Waals surface area contributed by atoms with Gasteiger partial charge < -0.3 is 25.2 Å². The highest BCUT2D eigenvalue weighted by Crippen LogP contribution is 2.27. The molecule has 0 amide bonds. The lowest BCUT2D eigenvalue weighted by Gasteiger charge is -2.07. The lowest BCUT2D eigenvalue weighted by Crippen LogP contribution is -2.02. The van der Waals surface area contributed by atoms with Crippen LogP contribution < -0.4 is 15.2 Å². The summed E-state index contributed by atoms with van der Waals surface area (Å²) in [6.45, 7) is -0.0975. The van der Waals surface area contributed by atoms with E-state index >= 15 is 0 Å². The van der Waals surface area contributed by atoms with Gasteiger partial charge in [0, 0.05) is 17.3 Å². The van der Waals surface area contributed by atoms with Crippen LogP contribution in [0.1, 0.15) is 11.1 Å². The maximum atomic E-state index is 10.3. The number of hydrogen-bond acceptors (Lipinski definition) is 7. The second-order valence-electron chi connectivity index (χ2n) is 4.98. The smallest absolute Gasteiger partial charge is 0.328 e. The van der Waals surface area contributed by atoms with Crippen LogP contribution in [0.2, 0.25) is 0 Å². The first-order chi connectivity index (χ1) is 12.9. The van der Waals surface area contributed by atoms with Gasteiger partial charge in [0.2, 0.25) is 0 Å². The molecular formula is C18H20N2O7. The zero-order valence-electron chi connectivity index (χ0n) is 14.8. The zero-order valence-corrected chi connectivity index (χ0v) is 14.8. The molecule has 0 aliphatic carbocycles. The molecule has 0 bridgehead atoms. The van der Waals surface area contributed by atoms with Crippen molar-refractivity contribution in [3.8, 4) is 11.5 Å². The molecule has 0 aliphatic rings. The molecular weight excluding hydrogens is 356 g/mol. The van der Waals surface area contributed by atoms with E-state index in [2.05, 4.69) is 4.84 Å². The topological polar surface area (TPSA) is 134 Å². The van der Waals surface area contributed by atoms with Crippen LogP contribution in [0, 0.1) is 10.1 Å². The Morgan fingerprint density at radius 3 is 2.41 bits per heavy atom. The highest BCUT2D eigenvalue weighted by molar-refractivity contribution is 5.85. The van der Waals surface area contributed by atoms with Crippen molar-refractivity contribution in [1.29, 1.82) is 0 Å². The van der Waals surface area contributed by atoms with E-state index in [4.69, 9.17) is 20.3 Å². The maximum absolute atomic E-state index is 10.3. The van der Waals surface area contributed by atoms with E-state index < -0.39 is 11.1 Å². The molecule has 0 aliphatic heterocycles. The number of para-hydroxylation sites is 1. The SMILES string of the molecule is COc1ccc(C=CC(=O)O)cc1OC.Nc1ccccc1CO[N+](=O)[O-]. The van der Waals surface area contributed by atoms with Crippen LogP contribution in [0.25, 0.3) is 6.08 Å². The van der Waals surface area contributed by atoms with Crippen molar-refractivity contribution in [1.82, 2.24) is 0 Å². The summed E-state index contributed by atoms with van der Waals surface area (Å²) in [5.41, 5.74) is 7.37. The predicted molar refractivity (Wildman–Crippen MR) is 98.9 cm³/mol. The number of nitrogen functional groups attached to an aromatic ring is 1. The normalized spacial score (nSPS) is 9.85. The van der Waals surface area contributed by atoms with Gasteiger partial charge in [-0.15, -0.1) is 10.1 Å². The molecule has 3 N–H and O–H groups in total. The standard InChI is InChI=1S/C11H12O4.C7H8N2O3/c1-14-9-5-3-8(4-6-11(12)13)7-10(9)15-2;8-7-4-2-1-3-6(7)5-12-9(10)11/h3-7H,1-2H3,(H,12,13);1-4H,5,8H2. The summed E-state index contributed by atoms with van der Waals surface area (Å²) >= 11 is 0. The number of rotatable bonds is 7. The molecule has 0 saturated carbocycles. The monoisotopic (exact) mass is 376 g/mol. The average molecular weight is 376 g/mol. The van der Waals surface area contributed by atoms with E-state index in [1.54, 1.807) is 49.6 Å². The number of ether oxygens (including phenoxy) is 2. The highest BCUT2D eigenvalue weighted by Gasteiger charge is 2.02. The van der Waals surface area contributed by atoms with Gasteiger partial charge in [0.15, 0.2) is 11.5 Å². The number of carbonyl (C=O) groups is 1. The van der Waals surface area contributed by atoms with Crippen molar-refractivity contribution < 1.29 is 29.3 Å². The average Bonchev–Trinajstić information content (AvgIpc) is 2.65. The van der Waals surface area contributed by atoms with Crippen LogP contribution in [0.3, 0.4) is 0 Å². The molecule has 0 spiro atoms. The van der Waals surface area contributed by atoms with E-state index in [9.17, 15) is 14.9 Å². The van der Waals surface area contributed by atoms with Gasteiger partial charge in [-0.2, -0.15) is 0 Å². The van der Waals surface area contributed by atoms with Gasteiger partial charge in [0.25, 0.3) is 5.09 Å². The molecule has 2 rings (SSSR count). The Morgan fingerprint density at radius 1 is 1.19 bits per heavy atom. The molecule has 0 atom stereocenters. The van der Waals surface area contributed by atoms with E-state index in [-0.39, 0.29) is 6.61 Å². The molecule has 2 aromatic carbocycles. The van der Waals surface area contributed by atoms with Crippen LogP contribution in [-0.4, -0.2) is 30.4 Å². The Bertz CT molecular complexity index is 806. The van der Waals surface area contributed by atoms with Crippen LogP contribution in [0.15, 0.2) is 48.5 Å². The Hall–Kier alpha value is -3.75. The lowest BCUT2D eigenvalue weighted by molar-refractivity contribution is -0.762. The molecule has 9 heteroatoms. The molecule has 0 fully saturated rings. The molecule has 0 radical (unpaired) electrons. The largest absolute Gasteiger partial charge is 0.493 e. The molecule has 0 heterocycles. The second-order valence-corrected chi connectivity index (χ2v) is 4.98. The van der Waals surface area contributed by atoms with Gasteiger partial charge in [0.1, 0.15) is 6.61 Å². The second kappa shape index (κ2) is 11.0. The first-order valence-corrected chi connectivity index (χ1v) is 7.61. The third-order valence-electron chi connectivity index (χ3n) is 3.21. The molecule has 144 valence electrons. The summed E-state index contributed by atoms with van der Waals surface area (Å²) in [6, 6.07) is 12.0. The molecule has 0 saturated heterocycles. The third kappa shape index (κ3) is 7.78. The minimum Gasteiger partial charge on any atom is -0.493 e. The van der Waals surface area contributed by atoms with E-state index in [1.807, 2.05) is 0 Å². The quantitative estimate of drug-likeness (QED) is 0.326. The van der Waals surface area contributed by atoms with Gasteiger partial charge in [-0.25, -0.2) is 4.79 Å². The van der Waals surface area contributed by atoms with Crippen LogP contribution >= 0.6 is 0 Å². The zero-order chi connectivity index (χ0) is 20.2. The third-order valence-corrected chi connectivity index (χ3v) is 3.21. The van der Waals surface area contributed by atoms with Crippen molar-refractivity contribution >= 4 is 17.7 Å². The first kappa shape index (κ1) is 21.3. The van der Waals surface area contributed by atoms with Gasteiger partial charge in [-0.1, -0.05) is 24.3 Å². The van der Waals surface area contributed by atoms with Crippen LogP contribution in [-0.2, 0) is 16.2 Å². The Kier molecular flexibility index (Phi) is 8.66. The van der Waals surface area contributed by atoms with Crippen LogP contribution in [0.4, 0.5) is 5.69 Å². The number of nitrogens with two attached hydrogens (primary N) is 1. The first-order valence-electron chi connectivity index (χ1n) is 7.61. The Labute approximate surface area is 155 Å². The summed E-state index contributed by atoms with van der Waals surface area (Å²) in [4.78, 5) is 24.3. The summed E-state index contributed by atoms with van der Waals surface area (Å²) in [5.74, 6) is 0.208. The number of aliphatic carboxylic acids is 1. The number of methoxy groups -OCH3 is 2. The minimum absolute atomic E-state index is 0.0975. The molecule has 9 nitrogen and oxygen atoms in total. The fourth-order valence-corrected chi connectivity index (χ4v) is 1.91. The number of anilines is 1. The number of hydrogen-bond donors (Lipinski definition) is 2. The van der Waals surface area contributed by atoms with Crippen molar-refractivity contribution in [2.24, 2.45) is 0 Å². The van der Waals surface area contributed by atoms with Gasteiger partial charge in [0.05, 0.1) is 14.2 Å². The lowest BCUT2D eigenvalue weighted by atomic mass is 10.2. The van der Waals surface area contributed by atoms with Crippen molar-refractivity contribution in [2.75, 3.05) is 20.0 Å². The van der Waals surface area contributed by atoms with Gasteiger partial charge >= 0.3 is 5.97 Å². The van der Waals surface area contributed by atoms with Gasteiger partial charge in [-0.3, -0.25) is 0 Å². The van der Waals surface area contributed by atoms with Gasteiger partial charge in [-0.05, 0) is 29.8 Å². The molecule has 0 unspecified atom stereocenters. The summed E-state index contributed by atoms with van der Waals surface area (Å²) in [7, 11) is 3.08. The summed E-state index contributed by atoms with van der Waals surface area (Å²) in [6.07, 6.45) is 2.56. The number of benzene rings is 2.